The van der Waals surface area contributed by atoms with Crippen molar-refractivity contribution in [2.24, 2.45) is 0 Å². The summed E-state index contributed by atoms with van der Waals surface area (Å²) in [6.45, 7) is 21.8. The number of carbonyl (C=O) groups excluding carboxylic acids is 1. The van der Waals surface area contributed by atoms with Crippen molar-refractivity contribution in [3.63, 3.8) is 0 Å². The summed E-state index contributed by atoms with van der Waals surface area (Å²) < 4.78 is 14.3. The summed E-state index contributed by atoms with van der Waals surface area (Å²) in [7, 11) is -4.15. The van der Waals surface area contributed by atoms with Crippen LogP contribution >= 0.6 is 31.9 Å². The van der Waals surface area contributed by atoms with Gasteiger partial charge in [-0.05, 0) is 72.2 Å². The number of carbonyl (C=O) groups is 1. The van der Waals surface area contributed by atoms with Gasteiger partial charge in [-0.25, -0.2) is 0 Å². The number of halogens is 2. The zero-order valence-corrected chi connectivity index (χ0v) is 27.1. The molecule has 34 heavy (non-hydrogen) atoms. The molecule has 0 fully saturated rings. The Bertz CT molecular complexity index is 1050. The molecule has 0 aromatic heterocycles. The predicted octanol–water partition coefficient (Wildman–Crippen LogP) is 8.87. The largest absolute Gasteiger partial charge is 0.543 e. The van der Waals surface area contributed by atoms with Crippen LogP contribution in [0.25, 0.3) is 0 Å². The second kappa shape index (κ2) is 10.2. The van der Waals surface area contributed by atoms with Crippen LogP contribution in [0.3, 0.4) is 0 Å². The first kappa shape index (κ1) is 29.3. The van der Waals surface area contributed by atoms with Gasteiger partial charge in [0.25, 0.3) is 0 Å². The van der Waals surface area contributed by atoms with E-state index in [-0.39, 0.29) is 10.1 Å². The number of benzene rings is 2. The molecule has 4 nitrogen and oxygen atoms in total. The van der Waals surface area contributed by atoms with Crippen molar-refractivity contribution in [2.75, 3.05) is 0 Å². The quantitative estimate of drug-likeness (QED) is 0.245. The molecule has 0 saturated carbocycles. The molecule has 1 atom stereocenters. The summed E-state index contributed by atoms with van der Waals surface area (Å²) in [5.74, 6) is 1.34. The van der Waals surface area contributed by atoms with Gasteiger partial charge in [-0.1, -0.05) is 73.4 Å². The lowest BCUT2D eigenvalue weighted by molar-refractivity contribution is 0.111. The van der Waals surface area contributed by atoms with E-state index in [4.69, 9.17) is 8.85 Å². The van der Waals surface area contributed by atoms with Crippen LogP contribution in [0.15, 0.2) is 39.3 Å². The highest BCUT2D eigenvalue weighted by atomic mass is 79.9. The summed E-state index contributed by atoms with van der Waals surface area (Å²) in [5.41, 5.74) is 1.54. The molecule has 2 aromatic carbocycles. The van der Waals surface area contributed by atoms with Crippen LogP contribution in [0.4, 0.5) is 0 Å². The minimum atomic E-state index is -2.08. The molecule has 1 unspecified atom stereocenters. The summed E-state index contributed by atoms with van der Waals surface area (Å²) in [4.78, 5) is 12.1. The highest BCUT2D eigenvalue weighted by Gasteiger charge is 2.40. The molecule has 0 spiro atoms. The molecule has 188 valence electrons. The van der Waals surface area contributed by atoms with Crippen molar-refractivity contribution in [1.29, 1.82) is 0 Å². The van der Waals surface area contributed by atoms with E-state index >= 15 is 0 Å². The number of aliphatic hydroxyl groups is 1. The molecule has 0 radical (unpaired) electrons. The van der Waals surface area contributed by atoms with Gasteiger partial charge in [-0.3, -0.25) is 4.79 Å². The summed E-state index contributed by atoms with van der Waals surface area (Å²) >= 11 is 7.14. The number of hydrogen-bond donors (Lipinski definition) is 1. The van der Waals surface area contributed by atoms with Gasteiger partial charge in [0.2, 0.25) is 16.6 Å². The second-order valence-electron chi connectivity index (χ2n) is 11.9. The molecule has 0 aliphatic heterocycles. The van der Waals surface area contributed by atoms with Crippen molar-refractivity contribution in [3.05, 3.63) is 56.0 Å². The molecule has 1 N–H and O–H groups in total. The Morgan fingerprint density at radius 2 is 1.29 bits per heavy atom. The molecular weight excluding hydrogens is 592 g/mol. The third kappa shape index (κ3) is 6.63. The maximum absolute atomic E-state index is 12.1. The van der Waals surface area contributed by atoms with E-state index < -0.39 is 22.7 Å². The smallest absolute Gasteiger partial charge is 0.250 e. The van der Waals surface area contributed by atoms with E-state index in [1.807, 2.05) is 24.3 Å². The number of hydrogen-bond acceptors (Lipinski definition) is 4. The Morgan fingerprint density at radius 3 is 1.74 bits per heavy atom. The van der Waals surface area contributed by atoms with Gasteiger partial charge >= 0.3 is 0 Å². The zero-order valence-electron chi connectivity index (χ0n) is 22.0. The molecule has 2 aromatic rings. The zero-order chi connectivity index (χ0) is 26.3. The summed E-state index contributed by atoms with van der Waals surface area (Å²) in [5, 5.41) is 11.4. The Balaban J connectivity index is 2.49. The molecule has 0 bridgehead atoms. The molecule has 0 amide bonds. The van der Waals surface area contributed by atoms with E-state index in [1.54, 1.807) is 6.07 Å². The van der Waals surface area contributed by atoms with Gasteiger partial charge in [0.15, 0.2) is 6.29 Å². The van der Waals surface area contributed by atoms with Gasteiger partial charge < -0.3 is 14.0 Å². The molecule has 0 heterocycles. The van der Waals surface area contributed by atoms with Gasteiger partial charge in [0, 0.05) is 20.1 Å². The van der Waals surface area contributed by atoms with Crippen LogP contribution in [-0.4, -0.2) is 28.0 Å². The Morgan fingerprint density at radius 1 is 0.824 bits per heavy atom. The van der Waals surface area contributed by atoms with E-state index in [1.165, 1.54) is 0 Å². The summed E-state index contributed by atoms with van der Waals surface area (Å²) in [6.07, 6.45) is -0.247. The van der Waals surface area contributed by atoms with Crippen LogP contribution < -0.4 is 8.85 Å². The highest BCUT2D eigenvalue weighted by Crippen LogP contribution is 2.42. The van der Waals surface area contributed by atoms with Gasteiger partial charge in [-0.2, -0.15) is 0 Å². The monoisotopic (exact) mass is 628 g/mol. The second-order valence-corrected chi connectivity index (χ2v) is 23.1. The van der Waals surface area contributed by atoms with Crippen molar-refractivity contribution in [1.82, 2.24) is 0 Å². The molecular formula is C26H38Br2O4Si2. The Hall–Kier alpha value is -0.936. The molecule has 0 aliphatic carbocycles. The topological polar surface area (TPSA) is 55.8 Å². The fraction of sp³-hybridized carbons (Fsp3) is 0.500. The maximum Gasteiger partial charge on any atom is 0.250 e. The van der Waals surface area contributed by atoms with Crippen molar-refractivity contribution >= 4 is 54.8 Å². The lowest BCUT2D eigenvalue weighted by Crippen LogP contribution is -2.43. The maximum atomic E-state index is 12.1. The number of aldehydes is 1. The minimum absolute atomic E-state index is 0.0237. The van der Waals surface area contributed by atoms with Crippen molar-refractivity contribution in [2.45, 2.75) is 83.9 Å². The molecule has 0 saturated heterocycles. The number of aliphatic hydroxyl groups excluding tert-OH is 1. The molecule has 0 aliphatic rings. The van der Waals surface area contributed by atoms with Crippen LogP contribution in [0.5, 0.6) is 11.5 Å². The van der Waals surface area contributed by atoms with Crippen molar-refractivity contribution in [3.8, 4) is 11.5 Å². The van der Waals surface area contributed by atoms with E-state index in [9.17, 15) is 9.90 Å². The van der Waals surface area contributed by atoms with Crippen LogP contribution in [0, 0.1) is 0 Å². The fourth-order valence-corrected chi connectivity index (χ4v) is 6.11. The first-order valence-corrected chi connectivity index (χ1v) is 18.8. The van der Waals surface area contributed by atoms with Crippen LogP contribution in [-0.2, 0) is 0 Å². The Labute approximate surface area is 224 Å². The summed E-state index contributed by atoms with van der Waals surface area (Å²) in [6, 6.07) is 9.20. The third-order valence-electron chi connectivity index (χ3n) is 7.10. The SMILES string of the molecule is CC(C)(C)[Si](C)(C)Oc1cc(Br)cc(C(O)c2c(Br)cc(O[Si](C)(C)C(C)(C)C)cc2C=O)c1. The van der Waals surface area contributed by atoms with Crippen LogP contribution in [0.1, 0.15) is 69.1 Å². The van der Waals surface area contributed by atoms with Gasteiger partial charge in [-0.15, -0.1) is 0 Å². The highest BCUT2D eigenvalue weighted by molar-refractivity contribution is 9.10. The molecule has 2 rings (SSSR count). The predicted molar refractivity (Wildman–Crippen MR) is 153 cm³/mol. The van der Waals surface area contributed by atoms with E-state index in [0.29, 0.717) is 32.7 Å². The average Bonchev–Trinajstić information content (AvgIpc) is 2.64. The first-order chi connectivity index (χ1) is 15.3. The van der Waals surface area contributed by atoms with E-state index in [2.05, 4.69) is 99.6 Å². The average molecular weight is 631 g/mol. The first-order valence-electron chi connectivity index (χ1n) is 11.4. The lowest BCUT2D eigenvalue weighted by Gasteiger charge is -2.37. The lowest BCUT2D eigenvalue weighted by atomic mass is 9.97. The van der Waals surface area contributed by atoms with Crippen molar-refractivity contribution < 1.29 is 18.8 Å². The normalized spacial score (nSPS) is 14.0. The van der Waals surface area contributed by atoms with E-state index in [0.717, 1.165) is 10.8 Å². The Kier molecular flexibility index (Phi) is 8.79. The molecule has 8 heteroatoms. The van der Waals surface area contributed by atoms with Gasteiger partial charge in [0.1, 0.15) is 17.6 Å². The standard InChI is InChI=1S/C26H38Br2O4Si2/c1-25(2,3)33(7,8)31-20-12-17(11-19(27)14-20)24(30)23-18(16-29)13-21(15-22(23)28)32-34(9,10)26(4,5)6/h11-16,24,30H,1-10H3. The fourth-order valence-electron chi connectivity index (χ4n) is 2.92. The van der Waals surface area contributed by atoms with Gasteiger partial charge in [0.05, 0.1) is 0 Å². The third-order valence-corrected chi connectivity index (χ3v) is 16.9. The number of rotatable bonds is 7. The minimum Gasteiger partial charge on any atom is -0.543 e. The van der Waals surface area contributed by atoms with Crippen LogP contribution in [0.2, 0.25) is 36.3 Å².